The highest BCUT2D eigenvalue weighted by atomic mass is 16.4. The number of aromatic hydroxyl groups is 1. The van der Waals surface area contributed by atoms with Crippen LogP contribution in [0.4, 0.5) is 0 Å². The molecule has 132 valence electrons. The van der Waals surface area contributed by atoms with Crippen molar-refractivity contribution in [3.05, 3.63) is 88.6 Å². The number of rotatable bonds is 6. The molecule has 0 bridgehead atoms. The Labute approximate surface area is 148 Å². The average molecular weight is 351 g/mol. The second-order valence-electron chi connectivity index (χ2n) is 6.08. The molecule has 0 aliphatic heterocycles. The number of hydrogen-bond acceptors (Lipinski definition) is 6. The normalized spacial score (nSPS) is 11.4. The van der Waals surface area contributed by atoms with Crippen molar-refractivity contribution in [3.8, 4) is 5.75 Å². The third-order valence-corrected chi connectivity index (χ3v) is 4.13. The van der Waals surface area contributed by atoms with Gasteiger partial charge in [0, 0.05) is 24.1 Å². The van der Waals surface area contributed by atoms with Crippen molar-refractivity contribution in [2.45, 2.75) is 19.6 Å². The molecule has 0 aliphatic rings. The third kappa shape index (κ3) is 3.55. The Bertz CT molecular complexity index is 1010. The molecule has 26 heavy (non-hydrogen) atoms. The van der Waals surface area contributed by atoms with Crippen LogP contribution in [0.3, 0.4) is 0 Å². The Hall–Kier alpha value is -3.25. The van der Waals surface area contributed by atoms with Crippen LogP contribution in [0.1, 0.15) is 17.1 Å². The first-order valence-corrected chi connectivity index (χ1v) is 8.20. The third-order valence-electron chi connectivity index (χ3n) is 4.13. The quantitative estimate of drug-likeness (QED) is 0.531. The SMILES string of the molecule is O=c1cc(CN(Cc2ccco2)Cc2ccco2)c2ccc(O)cc2o1. The molecule has 0 unspecified atom stereocenters. The van der Waals surface area contributed by atoms with Crippen molar-refractivity contribution in [2.24, 2.45) is 0 Å². The van der Waals surface area contributed by atoms with Gasteiger partial charge < -0.3 is 18.4 Å². The fourth-order valence-electron chi connectivity index (χ4n) is 3.00. The van der Waals surface area contributed by atoms with Gasteiger partial charge in [-0.3, -0.25) is 4.90 Å². The number of nitrogens with zero attached hydrogens (tertiary/aromatic N) is 1. The van der Waals surface area contributed by atoms with Crippen molar-refractivity contribution in [1.82, 2.24) is 4.90 Å². The summed E-state index contributed by atoms with van der Waals surface area (Å²) < 4.78 is 16.1. The Morgan fingerprint density at radius 3 is 2.19 bits per heavy atom. The minimum Gasteiger partial charge on any atom is -0.508 e. The Morgan fingerprint density at radius 2 is 1.58 bits per heavy atom. The number of hydrogen-bond donors (Lipinski definition) is 1. The van der Waals surface area contributed by atoms with Gasteiger partial charge in [-0.05, 0) is 42.0 Å². The Balaban J connectivity index is 1.68. The van der Waals surface area contributed by atoms with Gasteiger partial charge in [-0.2, -0.15) is 0 Å². The second kappa shape index (κ2) is 6.93. The summed E-state index contributed by atoms with van der Waals surface area (Å²) in [6, 6.07) is 13.8. The molecular formula is C20H17NO5. The van der Waals surface area contributed by atoms with Crippen LogP contribution in [0, 0.1) is 0 Å². The second-order valence-corrected chi connectivity index (χ2v) is 6.08. The van der Waals surface area contributed by atoms with E-state index in [0.29, 0.717) is 25.2 Å². The molecule has 0 saturated carbocycles. The molecule has 0 aliphatic carbocycles. The van der Waals surface area contributed by atoms with Gasteiger partial charge in [-0.1, -0.05) is 0 Å². The minimum absolute atomic E-state index is 0.0563. The number of phenols is 1. The van der Waals surface area contributed by atoms with Crippen molar-refractivity contribution < 1.29 is 18.4 Å². The van der Waals surface area contributed by atoms with Gasteiger partial charge in [0.1, 0.15) is 22.9 Å². The summed E-state index contributed by atoms with van der Waals surface area (Å²) in [7, 11) is 0. The topological polar surface area (TPSA) is 80.0 Å². The van der Waals surface area contributed by atoms with Crippen LogP contribution >= 0.6 is 0 Å². The van der Waals surface area contributed by atoms with Crippen molar-refractivity contribution in [2.75, 3.05) is 0 Å². The standard InChI is InChI=1S/C20H17NO5/c22-15-5-6-18-14(9-20(23)26-19(18)10-15)11-21(12-16-3-1-7-24-16)13-17-4-2-8-25-17/h1-10,22H,11-13H2. The molecule has 0 saturated heterocycles. The highest BCUT2D eigenvalue weighted by molar-refractivity contribution is 5.81. The molecule has 1 N–H and O–H groups in total. The zero-order valence-corrected chi connectivity index (χ0v) is 13.9. The van der Waals surface area contributed by atoms with Crippen LogP contribution < -0.4 is 5.63 Å². The lowest BCUT2D eigenvalue weighted by Crippen LogP contribution is -2.22. The highest BCUT2D eigenvalue weighted by Crippen LogP contribution is 2.24. The van der Waals surface area contributed by atoms with E-state index in [1.165, 1.54) is 12.1 Å². The maximum absolute atomic E-state index is 11.9. The Morgan fingerprint density at radius 1 is 0.885 bits per heavy atom. The van der Waals surface area contributed by atoms with E-state index in [1.807, 2.05) is 24.3 Å². The van der Waals surface area contributed by atoms with Gasteiger partial charge in [0.25, 0.3) is 0 Å². The highest BCUT2D eigenvalue weighted by Gasteiger charge is 2.15. The first-order valence-electron chi connectivity index (χ1n) is 8.20. The van der Waals surface area contributed by atoms with Crippen LogP contribution in [0.25, 0.3) is 11.0 Å². The lowest BCUT2D eigenvalue weighted by atomic mass is 10.1. The summed E-state index contributed by atoms with van der Waals surface area (Å²) in [5.41, 5.74) is 0.729. The summed E-state index contributed by atoms with van der Waals surface area (Å²) in [6.45, 7) is 1.62. The van der Waals surface area contributed by atoms with Gasteiger partial charge in [0.15, 0.2) is 0 Å². The molecule has 3 aromatic heterocycles. The van der Waals surface area contributed by atoms with Gasteiger partial charge in [-0.15, -0.1) is 0 Å². The first-order chi connectivity index (χ1) is 12.7. The molecular weight excluding hydrogens is 334 g/mol. The monoisotopic (exact) mass is 351 g/mol. The molecule has 0 radical (unpaired) electrons. The average Bonchev–Trinajstić information content (AvgIpc) is 3.28. The largest absolute Gasteiger partial charge is 0.508 e. The van der Waals surface area contributed by atoms with Crippen LogP contribution in [0.2, 0.25) is 0 Å². The molecule has 3 heterocycles. The van der Waals surface area contributed by atoms with E-state index in [1.54, 1.807) is 24.7 Å². The van der Waals surface area contributed by atoms with Gasteiger partial charge in [-0.25, -0.2) is 4.79 Å². The molecule has 4 aromatic rings. The molecule has 0 fully saturated rings. The van der Waals surface area contributed by atoms with Crippen LogP contribution in [0.5, 0.6) is 5.75 Å². The smallest absolute Gasteiger partial charge is 0.336 e. The molecule has 6 nitrogen and oxygen atoms in total. The predicted octanol–water partition coefficient (Wildman–Crippen LogP) is 3.89. The number of furan rings is 2. The fraction of sp³-hybridized carbons (Fsp3) is 0.150. The van der Waals surface area contributed by atoms with Crippen molar-refractivity contribution in [3.63, 3.8) is 0 Å². The van der Waals surface area contributed by atoms with Crippen LogP contribution in [-0.4, -0.2) is 10.0 Å². The molecule has 0 atom stereocenters. The van der Waals surface area contributed by atoms with E-state index in [0.717, 1.165) is 22.5 Å². The van der Waals surface area contributed by atoms with Crippen LogP contribution in [0.15, 0.2) is 79.1 Å². The Kier molecular flexibility index (Phi) is 4.33. The van der Waals surface area contributed by atoms with E-state index in [2.05, 4.69) is 4.90 Å². The zero-order chi connectivity index (χ0) is 17.9. The van der Waals surface area contributed by atoms with Gasteiger partial charge in [0.05, 0.1) is 25.6 Å². The number of benzene rings is 1. The van der Waals surface area contributed by atoms with E-state index < -0.39 is 5.63 Å². The fourth-order valence-corrected chi connectivity index (χ4v) is 3.00. The predicted molar refractivity (Wildman–Crippen MR) is 94.5 cm³/mol. The first kappa shape index (κ1) is 16.2. The summed E-state index contributed by atoms with van der Waals surface area (Å²) >= 11 is 0. The summed E-state index contributed by atoms with van der Waals surface area (Å²) in [5.74, 6) is 1.70. The van der Waals surface area contributed by atoms with E-state index in [4.69, 9.17) is 13.3 Å². The lowest BCUT2D eigenvalue weighted by Gasteiger charge is -2.20. The van der Waals surface area contributed by atoms with Gasteiger partial charge >= 0.3 is 5.63 Å². The van der Waals surface area contributed by atoms with E-state index in [9.17, 15) is 9.90 Å². The van der Waals surface area contributed by atoms with Crippen molar-refractivity contribution >= 4 is 11.0 Å². The zero-order valence-electron chi connectivity index (χ0n) is 13.9. The van der Waals surface area contributed by atoms with E-state index >= 15 is 0 Å². The molecule has 0 spiro atoms. The maximum atomic E-state index is 11.9. The van der Waals surface area contributed by atoms with E-state index in [-0.39, 0.29) is 5.75 Å². The van der Waals surface area contributed by atoms with Gasteiger partial charge in [0.2, 0.25) is 0 Å². The summed E-state index contributed by atoms with van der Waals surface area (Å²) in [5, 5.41) is 10.4. The molecule has 6 heteroatoms. The molecule has 4 rings (SSSR count). The minimum atomic E-state index is -0.450. The van der Waals surface area contributed by atoms with Crippen molar-refractivity contribution in [1.29, 1.82) is 0 Å². The molecule has 0 amide bonds. The maximum Gasteiger partial charge on any atom is 0.336 e. The lowest BCUT2D eigenvalue weighted by molar-refractivity contribution is 0.210. The summed E-state index contributed by atoms with van der Waals surface area (Å²) in [6.07, 6.45) is 3.27. The number of phenolic OH excluding ortho intramolecular Hbond substituents is 1. The van der Waals surface area contributed by atoms with Crippen LogP contribution in [-0.2, 0) is 19.6 Å². The molecule has 1 aromatic carbocycles. The summed E-state index contributed by atoms with van der Waals surface area (Å²) in [4.78, 5) is 14.0. The number of fused-ring (bicyclic) bond motifs is 1.